The quantitative estimate of drug-likeness (QED) is 0.639. The molecule has 8 nitrogen and oxygen atoms in total. The largest absolute Gasteiger partial charge is 0.477 e. The number of hydrogen-bond acceptors (Lipinski definition) is 6. The number of carboxylic acid groups (broad SMARTS) is 1. The molecule has 0 aliphatic carbocycles. The summed E-state index contributed by atoms with van der Waals surface area (Å²) in [6.07, 6.45) is 1.21. The van der Waals surface area contributed by atoms with Crippen molar-refractivity contribution in [2.24, 2.45) is 0 Å². The van der Waals surface area contributed by atoms with E-state index in [1.54, 1.807) is 0 Å². The Morgan fingerprint density at radius 2 is 2.05 bits per heavy atom. The number of aromatic nitrogens is 2. The Labute approximate surface area is 119 Å². The predicted molar refractivity (Wildman–Crippen MR) is 75.2 cm³/mol. The molecule has 2 aromatic rings. The number of benzene rings is 1. The van der Waals surface area contributed by atoms with Gasteiger partial charge in [-0.05, 0) is 19.1 Å². The summed E-state index contributed by atoms with van der Waals surface area (Å²) in [5.74, 6) is -0.611. The maximum absolute atomic E-state index is 11.1. The highest BCUT2D eigenvalue weighted by Gasteiger charge is 2.14. The minimum absolute atomic E-state index is 0.0255. The first-order valence-corrected chi connectivity index (χ1v) is 6.12. The zero-order valence-electron chi connectivity index (χ0n) is 11.1. The summed E-state index contributed by atoms with van der Waals surface area (Å²) < 4.78 is 0. The molecule has 0 saturated heterocycles. The summed E-state index contributed by atoms with van der Waals surface area (Å²) in [6, 6.07) is 5.72. The number of anilines is 1. The zero-order chi connectivity index (χ0) is 15.4. The van der Waals surface area contributed by atoms with Crippen molar-refractivity contribution in [1.29, 1.82) is 0 Å². The molecule has 21 heavy (non-hydrogen) atoms. The van der Waals surface area contributed by atoms with Gasteiger partial charge in [0.2, 0.25) is 0 Å². The number of nitro benzene ring substituents is 1. The number of nitro groups is 1. The highest BCUT2D eigenvalue weighted by atomic mass is 16.6. The van der Waals surface area contributed by atoms with Gasteiger partial charge in [0.1, 0.15) is 11.4 Å². The van der Waals surface area contributed by atoms with Gasteiger partial charge in [0.15, 0.2) is 5.82 Å². The van der Waals surface area contributed by atoms with Crippen molar-refractivity contribution in [1.82, 2.24) is 9.97 Å². The first-order chi connectivity index (χ1) is 10.0. The molecule has 1 aromatic heterocycles. The van der Waals surface area contributed by atoms with E-state index in [-0.39, 0.29) is 17.1 Å². The Morgan fingerprint density at radius 3 is 2.57 bits per heavy atom. The van der Waals surface area contributed by atoms with Gasteiger partial charge in [0.05, 0.1) is 4.92 Å². The number of hydrogen-bond donors (Lipinski definition) is 2. The molecule has 1 heterocycles. The normalized spacial score (nSPS) is 10.1. The van der Waals surface area contributed by atoms with Gasteiger partial charge in [0, 0.05) is 30.4 Å². The number of non-ortho nitro benzene ring substituents is 1. The van der Waals surface area contributed by atoms with Gasteiger partial charge in [-0.3, -0.25) is 10.1 Å². The second-order valence-corrected chi connectivity index (χ2v) is 4.10. The van der Waals surface area contributed by atoms with Gasteiger partial charge < -0.3 is 10.4 Å². The van der Waals surface area contributed by atoms with Gasteiger partial charge in [-0.2, -0.15) is 0 Å². The van der Waals surface area contributed by atoms with Crippen molar-refractivity contribution in [2.75, 3.05) is 11.9 Å². The van der Waals surface area contributed by atoms with Crippen LogP contribution in [0.25, 0.3) is 11.4 Å². The van der Waals surface area contributed by atoms with E-state index in [2.05, 4.69) is 15.3 Å². The van der Waals surface area contributed by atoms with E-state index < -0.39 is 10.9 Å². The molecule has 0 amide bonds. The molecule has 0 unspecified atom stereocenters. The Hall–Kier alpha value is -3.03. The van der Waals surface area contributed by atoms with E-state index in [9.17, 15) is 14.9 Å². The lowest BCUT2D eigenvalue weighted by molar-refractivity contribution is -0.384. The van der Waals surface area contributed by atoms with E-state index in [0.29, 0.717) is 17.9 Å². The average molecular weight is 288 g/mol. The summed E-state index contributed by atoms with van der Waals surface area (Å²) in [5, 5.41) is 22.5. The van der Waals surface area contributed by atoms with Crippen molar-refractivity contribution in [3.8, 4) is 11.4 Å². The van der Waals surface area contributed by atoms with E-state index in [1.165, 1.54) is 30.5 Å². The molecular formula is C13H12N4O4. The minimum atomic E-state index is -1.12. The van der Waals surface area contributed by atoms with Crippen LogP contribution in [-0.4, -0.2) is 32.5 Å². The third-order valence-electron chi connectivity index (χ3n) is 2.70. The van der Waals surface area contributed by atoms with E-state index >= 15 is 0 Å². The van der Waals surface area contributed by atoms with E-state index in [4.69, 9.17) is 5.11 Å². The maximum Gasteiger partial charge on any atom is 0.341 e. The van der Waals surface area contributed by atoms with Crippen molar-refractivity contribution < 1.29 is 14.8 Å². The number of nitrogens with one attached hydrogen (secondary N) is 1. The first kappa shape index (κ1) is 14.4. The Balaban J connectivity index is 2.42. The van der Waals surface area contributed by atoms with Crippen LogP contribution in [0.1, 0.15) is 17.3 Å². The minimum Gasteiger partial charge on any atom is -0.477 e. The van der Waals surface area contributed by atoms with Gasteiger partial charge in [-0.1, -0.05) is 0 Å². The van der Waals surface area contributed by atoms with Crippen LogP contribution in [0.15, 0.2) is 30.5 Å². The van der Waals surface area contributed by atoms with Crippen LogP contribution < -0.4 is 5.32 Å². The van der Waals surface area contributed by atoms with E-state index in [1.807, 2.05) is 6.92 Å². The fourth-order valence-electron chi connectivity index (χ4n) is 1.71. The first-order valence-electron chi connectivity index (χ1n) is 6.12. The molecule has 8 heteroatoms. The molecule has 0 radical (unpaired) electrons. The molecule has 2 N–H and O–H groups in total. The predicted octanol–water partition coefficient (Wildman–Crippen LogP) is 2.18. The van der Waals surface area contributed by atoms with Crippen molar-refractivity contribution in [2.45, 2.75) is 6.92 Å². The summed E-state index contributed by atoms with van der Waals surface area (Å²) in [6.45, 7) is 2.33. The molecule has 0 aliphatic rings. The number of rotatable bonds is 5. The summed E-state index contributed by atoms with van der Waals surface area (Å²) >= 11 is 0. The molecule has 0 spiro atoms. The monoisotopic (exact) mass is 288 g/mol. The van der Waals surface area contributed by atoms with E-state index in [0.717, 1.165) is 0 Å². The molecule has 0 aliphatic heterocycles. The standard InChI is InChI=1S/C13H12N4O4/c1-2-14-12-10(13(18)19)7-15-11(16-12)8-3-5-9(6-4-8)17(20)21/h3-7H,2H2,1H3,(H,18,19)(H,14,15,16). The number of carboxylic acids is 1. The number of nitrogens with zero attached hydrogens (tertiary/aromatic N) is 3. The molecule has 0 bridgehead atoms. The maximum atomic E-state index is 11.1. The Morgan fingerprint density at radius 1 is 1.38 bits per heavy atom. The number of aromatic carboxylic acids is 1. The lowest BCUT2D eigenvalue weighted by atomic mass is 10.2. The average Bonchev–Trinajstić information content (AvgIpc) is 2.47. The zero-order valence-corrected chi connectivity index (χ0v) is 11.1. The molecule has 0 fully saturated rings. The van der Waals surface area contributed by atoms with Crippen LogP contribution >= 0.6 is 0 Å². The SMILES string of the molecule is CCNc1nc(-c2ccc([N+](=O)[O-])cc2)ncc1C(=O)O. The van der Waals surface area contributed by atoms with Gasteiger partial charge in [0.25, 0.3) is 5.69 Å². The van der Waals surface area contributed by atoms with Crippen LogP contribution in [-0.2, 0) is 0 Å². The highest BCUT2D eigenvalue weighted by molar-refractivity contribution is 5.93. The Bertz CT molecular complexity index is 685. The van der Waals surface area contributed by atoms with Crippen molar-refractivity contribution in [3.63, 3.8) is 0 Å². The highest BCUT2D eigenvalue weighted by Crippen LogP contribution is 2.22. The Kier molecular flexibility index (Phi) is 4.07. The van der Waals surface area contributed by atoms with Crippen molar-refractivity contribution >= 4 is 17.5 Å². The van der Waals surface area contributed by atoms with Gasteiger partial charge in [-0.25, -0.2) is 14.8 Å². The smallest absolute Gasteiger partial charge is 0.341 e. The summed E-state index contributed by atoms with van der Waals surface area (Å²) in [7, 11) is 0. The molecular weight excluding hydrogens is 276 g/mol. The second kappa shape index (κ2) is 5.95. The van der Waals surface area contributed by atoms with Crippen LogP contribution in [0, 0.1) is 10.1 Å². The lowest BCUT2D eigenvalue weighted by Gasteiger charge is -2.08. The molecule has 1 aromatic carbocycles. The topological polar surface area (TPSA) is 118 Å². The van der Waals surface area contributed by atoms with Crippen LogP contribution in [0.5, 0.6) is 0 Å². The second-order valence-electron chi connectivity index (χ2n) is 4.10. The van der Waals surface area contributed by atoms with Gasteiger partial charge in [-0.15, -0.1) is 0 Å². The molecule has 108 valence electrons. The number of carbonyl (C=O) groups is 1. The molecule has 2 rings (SSSR count). The van der Waals surface area contributed by atoms with Crippen LogP contribution in [0.2, 0.25) is 0 Å². The molecule has 0 saturated carbocycles. The lowest BCUT2D eigenvalue weighted by Crippen LogP contribution is -2.09. The summed E-state index contributed by atoms with van der Waals surface area (Å²) in [5.41, 5.74) is 0.506. The molecule has 0 atom stereocenters. The van der Waals surface area contributed by atoms with Gasteiger partial charge >= 0.3 is 5.97 Å². The third kappa shape index (κ3) is 3.11. The van der Waals surface area contributed by atoms with Crippen LogP contribution in [0.4, 0.5) is 11.5 Å². The summed E-state index contributed by atoms with van der Waals surface area (Å²) in [4.78, 5) is 29.3. The fraction of sp³-hybridized carbons (Fsp3) is 0.154. The third-order valence-corrected chi connectivity index (χ3v) is 2.70. The van der Waals surface area contributed by atoms with Crippen LogP contribution in [0.3, 0.4) is 0 Å². The van der Waals surface area contributed by atoms with Crippen molar-refractivity contribution in [3.05, 3.63) is 46.1 Å². The fourth-order valence-corrected chi connectivity index (χ4v) is 1.71.